The molecule has 0 radical (unpaired) electrons. The molecule has 39 heavy (non-hydrogen) atoms. The van der Waals surface area contributed by atoms with E-state index in [0.717, 1.165) is 11.1 Å². The molecule has 0 aliphatic carbocycles. The second kappa shape index (κ2) is 11.2. The van der Waals surface area contributed by atoms with Crippen LogP contribution >= 0.6 is 11.8 Å². The van der Waals surface area contributed by atoms with Crippen LogP contribution in [0.25, 0.3) is 10.9 Å². The van der Waals surface area contributed by atoms with Crippen LogP contribution < -0.4 is 25.7 Å². The first-order valence-corrected chi connectivity index (χ1v) is 13.5. The van der Waals surface area contributed by atoms with Gasteiger partial charge in [0.05, 0.1) is 23.2 Å². The van der Waals surface area contributed by atoms with Gasteiger partial charge in [-0.3, -0.25) is 19.0 Å². The number of anilines is 1. The average Bonchev–Trinajstić information content (AvgIpc) is 3.37. The first-order chi connectivity index (χ1) is 18.8. The quantitative estimate of drug-likeness (QED) is 0.251. The number of carbonyl (C=O) groups is 2. The Kier molecular flexibility index (Phi) is 7.56. The SMILES string of the molecule is Cc1ccc(NC(=O)CSc2nc3cc4c(cc3c(=O)n2Cc2ccc(C(=O)NC(C)C)cc2)OCO4)cc1. The molecule has 10 heteroatoms. The van der Waals surface area contributed by atoms with E-state index in [4.69, 9.17) is 14.5 Å². The lowest BCUT2D eigenvalue weighted by Gasteiger charge is -2.14. The van der Waals surface area contributed by atoms with Crippen molar-refractivity contribution in [1.82, 2.24) is 14.9 Å². The molecule has 9 nitrogen and oxygen atoms in total. The van der Waals surface area contributed by atoms with Crippen LogP contribution in [-0.4, -0.2) is 40.0 Å². The van der Waals surface area contributed by atoms with Crippen molar-refractivity contribution in [1.29, 1.82) is 0 Å². The van der Waals surface area contributed by atoms with Crippen molar-refractivity contribution in [2.75, 3.05) is 17.9 Å². The van der Waals surface area contributed by atoms with E-state index in [0.29, 0.717) is 38.8 Å². The number of benzene rings is 3. The molecule has 0 spiro atoms. The Balaban J connectivity index is 1.43. The Labute approximate surface area is 229 Å². The van der Waals surface area contributed by atoms with Crippen LogP contribution in [0.5, 0.6) is 11.5 Å². The molecule has 2 heterocycles. The summed E-state index contributed by atoms with van der Waals surface area (Å²) in [6, 6.07) is 18.0. The molecule has 4 aromatic rings. The van der Waals surface area contributed by atoms with E-state index in [1.165, 1.54) is 16.3 Å². The third-order valence-corrected chi connectivity index (χ3v) is 7.03. The molecule has 2 amide bonds. The Bertz CT molecular complexity index is 1600. The number of aromatic nitrogens is 2. The number of nitrogens with one attached hydrogen (secondary N) is 2. The zero-order chi connectivity index (χ0) is 27.5. The molecule has 0 unspecified atom stereocenters. The van der Waals surface area contributed by atoms with Gasteiger partial charge in [0.2, 0.25) is 12.7 Å². The van der Waals surface area contributed by atoms with Gasteiger partial charge in [0.1, 0.15) is 0 Å². The lowest BCUT2D eigenvalue weighted by Crippen LogP contribution is -2.30. The van der Waals surface area contributed by atoms with Crippen LogP contribution in [0.2, 0.25) is 0 Å². The second-order valence-corrected chi connectivity index (χ2v) is 10.5. The minimum absolute atomic E-state index is 0.0260. The van der Waals surface area contributed by atoms with Gasteiger partial charge in [-0.25, -0.2) is 4.98 Å². The van der Waals surface area contributed by atoms with Gasteiger partial charge in [-0.05, 0) is 56.7 Å². The number of amides is 2. The highest BCUT2D eigenvalue weighted by molar-refractivity contribution is 7.99. The molecule has 200 valence electrons. The molecular weight excluding hydrogens is 516 g/mol. The Morgan fingerprint density at radius 3 is 2.41 bits per heavy atom. The molecule has 3 aromatic carbocycles. The summed E-state index contributed by atoms with van der Waals surface area (Å²) >= 11 is 1.18. The van der Waals surface area contributed by atoms with E-state index in [2.05, 4.69) is 10.6 Å². The number of aryl methyl sites for hydroxylation is 1. The number of hydrogen-bond donors (Lipinski definition) is 2. The molecule has 1 aliphatic heterocycles. The molecule has 5 rings (SSSR count). The summed E-state index contributed by atoms with van der Waals surface area (Å²) in [6.45, 7) is 6.07. The van der Waals surface area contributed by atoms with Crippen molar-refractivity contribution in [2.45, 2.75) is 38.5 Å². The summed E-state index contributed by atoms with van der Waals surface area (Å²) < 4.78 is 12.5. The van der Waals surface area contributed by atoms with Crippen LogP contribution in [-0.2, 0) is 11.3 Å². The number of rotatable bonds is 8. The minimum atomic E-state index is -0.263. The van der Waals surface area contributed by atoms with Crippen molar-refractivity contribution < 1.29 is 19.1 Å². The lowest BCUT2D eigenvalue weighted by molar-refractivity contribution is -0.113. The van der Waals surface area contributed by atoms with Gasteiger partial charge < -0.3 is 20.1 Å². The third-order valence-electron chi connectivity index (χ3n) is 6.06. The predicted molar refractivity (Wildman–Crippen MR) is 151 cm³/mol. The number of nitrogens with zero attached hydrogens (tertiary/aromatic N) is 2. The molecule has 0 atom stereocenters. The Morgan fingerprint density at radius 2 is 1.72 bits per heavy atom. The summed E-state index contributed by atoms with van der Waals surface area (Å²) in [6.07, 6.45) is 0. The average molecular weight is 545 g/mol. The van der Waals surface area contributed by atoms with Gasteiger partial charge in [0.15, 0.2) is 16.7 Å². The molecule has 1 aliphatic rings. The van der Waals surface area contributed by atoms with E-state index in [9.17, 15) is 14.4 Å². The monoisotopic (exact) mass is 544 g/mol. The minimum Gasteiger partial charge on any atom is -0.454 e. The lowest BCUT2D eigenvalue weighted by atomic mass is 10.1. The summed E-state index contributed by atoms with van der Waals surface area (Å²) in [7, 11) is 0. The maximum atomic E-state index is 13.7. The van der Waals surface area contributed by atoms with Gasteiger partial charge in [-0.1, -0.05) is 41.6 Å². The normalized spacial score (nSPS) is 12.1. The number of hydrogen-bond acceptors (Lipinski definition) is 7. The van der Waals surface area contributed by atoms with Crippen LogP contribution in [0.1, 0.15) is 35.3 Å². The second-order valence-electron chi connectivity index (χ2n) is 9.54. The number of carbonyl (C=O) groups excluding carboxylic acids is 2. The van der Waals surface area contributed by atoms with E-state index >= 15 is 0 Å². The van der Waals surface area contributed by atoms with Gasteiger partial charge in [0.25, 0.3) is 11.5 Å². The molecule has 0 fully saturated rings. The Hall–Kier alpha value is -4.31. The van der Waals surface area contributed by atoms with E-state index < -0.39 is 0 Å². The van der Waals surface area contributed by atoms with Gasteiger partial charge in [-0.15, -0.1) is 0 Å². The van der Waals surface area contributed by atoms with Crippen molar-refractivity contribution in [3.8, 4) is 11.5 Å². The number of fused-ring (bicyclic) bond motifs is 2. The molecule has 0 saturated carbocycles. The van der Waals surface area contributed by atoms with Crippen molar-refractivity contribution in [2.24, 2.45) is 0 Å². The highest BCUT2D eigenvalue weighted by atomic mass is 32.2. The molecule has 1 aromatic heterocycles. The first kappa shape index (κ1) is 26.3. The van der Waals surface area contributed by atoms with Crippen LogP contribution in [0.4, 0.5) is 5.69 Å². The summed E-state index contributed by atoms with van der Waals surface area (Å²) in [5.41, 5.74) is 3.34. The van der Waals surface area contributed by atoms with Crippen molar-refractivity contribution >= 4 is 40.2 Å². The van der Waals surface area contributed by atoms with E-state index in [1.54, 1.807) is 24.3 Å². The molecular formula is C29H28N4O5S. The van der Waals surface area contributed by atoms with Gasteiger partial charge in [0, 0.05) is 23.4 Å². The van der Waals surface area contributed by atoms with Crippen LogP contribution in [0, 0.1) is 6.92 Å². The standard InChI is InChI=1S/C29H28N4O5S/c1-17(2)30-27(35)20-8-6-19(7-9-20)14-33-28(36)22-12-24-25(38-16-37-24)13-23(22)32-29(33)39-15-26(34)31-21-10-4-18(3)5-11-21/h4-13,17H,14-16H2,1-3H3,(H,30,35)(H,31,34). The highest BCUT2D eigenvalue weighted by Gasteiger charge is 2.20. The third kappa shape index (κ3) is 6.06. The molecule has 0 bridgehead atoms. The van der Waals surface area contributed by atoms with Gasteiger partial charge in [-0.2, -0.15) is 0 Å². The predicted octanol–water partition coefficient (Wildman–Crippen LogP) is 4.35. The number of thioether (sulfide) groups is 1. The van der Waals surface area contributed by atoms with Gasteiger partial charge >= 0.3 is 0 Å². The number of ether oxygens (including phenoxy) is 2. The molecule has 2 N–H and O–H groups in total. The summed E-state index contributed by atoms with van der Waals surface area (Å²) in [5, 5.41) is 6.53. The van der Waals surface area contributed by atoms with Crippen LogP contribution in [0.3, 0.4) is 0 Å². The fourth-order valence-corrected chi connectivity index (χ4v) is 4.89. The zero-order valence-corrected chi connectivity index (χ0v) is 22.6. The highest BCUT2D eigenvalue weighted by Crippen LogP contribution is 2.35. The topological polar surface area (TPSA) is 112 Å². The smallest absolute Gasteiger partial charge is 0.262 e. The molecule has 0 saturated heterocycles. The van der Waals surface area contributed by atoms with Crippen LogP contribution in [0.15, 0.2) is 70.6 Å². The van der Waals surface area contributed by atoms with E-state index in [-0.39, 0.29) is 42.5 Å². The fraction of sp³-hybridized carbons (Fsp3) is 0.241. The summed E-state index contributed by atoms with van der Waals surface area (Å²) in [4.78, 5) is 43.4. The largest absolute Gasteiger partial charge is 0.454 e. The maximum Gasteiger partial charge on any atom is 0.262 e. The maximum absolute atomic E-state index is 13.7. The van der Waals surface area contributed by atoms with E-state index in [1.807, 2.05) is 57.2 Å². The van der Waals surface area contributed by atoms with Crippen molar-refractivity contribution in [3.63, 3.8) is 0 Å². The first-order valence-electron chi connectivity index (χ1n) is 12.5. The fourth-order valence-electron chi connectivity index (χ4n) is 4.09. The zero-order valence-electron chi connectivity index (χ0n) is 21.8. The van der Waals surface area contributed by atoms with Crippen molar-refractivity contribution in [3.05, 3.63) is 87.7 Å². The summed E-state index contributed by atoms with van der Waals surface area (Å²) in [5.74, 6) is 0.704. The Morgan fingerprint density at radius 1 is 1.03 bits per heavy atom.